The van der Waals surface area contributed by atoms with Gasteiger partial charge in [-0.2, -0.15) is 10.5 Å². The number of anilines is 2. The van der Waals surface area contributed by atoms with Crippen LogP contribution in [0.15, 0.2) is 42.5 Å². The summed E-state index contributed by atoms with van der Waals surface area (Å²) in [4.78, 5) is 0. The largest absolute Gasteiger partial charge is 0.494 e. The predicted octanol–water partition coefficient (Wildman–Crippen LogP) is 3.57. The number of hydrogen-bond acceptors (Lipinski definition) is 4. The van der Waals surface area contributed by atoms with Gasteiger partial charge in [-0.15, -0.1) is 0 Å². The van der Waals surface area contributed by atoms with Crippen LogP contribution < -0.4 is 10.1 Å². The Hall–Kier alpha value is -2.98. The number of rotatable bonds is 4. The van der Waals surface area contributed by atoms with Crippen molar-refractivity contribution in [1.82, 2.24) is 0 Å². The fourth-order valence-corrected chi connectivity index (χ4v) is 1.78. The smallest absolute Gasteiger partial charge is 0.119 e. The number of ether oxygens (including phenoxy) is 1. The maximum atomic E-state index is 8.99. The molecule has 0 atom stereocenters. The molecule has 2 aromatic carbocycles. The maximum absolute atomic E-state index is 8.99. The van der Waals surface area contributed by atoms with E-state index in [9.17, 15) is 0 Å². The molecule has 0 unspecified atom stereocenters. The summed E-state index contributed by atoms with van der Waals surface area (Å²) in [6, 6.07) is 16.6. The van der Waals surface area contributed by atoms with E-state index in [0.717, 1.165) is 17.1 Å². The predicted molar refractivity (Wildman–Crippen MR) is 76.8 cm³/mol. The molecule has 0 amide bonds. The maximum Gasteiger partial charge on any atom is 0.119 e. The Bertz CT molecular complexity index is 678. The Morgan fingerprint density at radius 2 is 1.60 bits per heavy atom. The van der Waals surface area contributed by atoms with E-state index in [2.05, 4.69) is 5.32 Å². The SMILES string of the molecule is CCOc1ccc(Nc2ccc(C#N)c(C#N)c2)cc1. The Labute approximate surface area is 117 Å². The van der Waals surface area contributed by atoms with Crippen molar-refractivity contribution in [2.75, 3.05) is 11.9 Å². The highest BCUT2D eigenvalue weighted by atomic mass is 16.5. The lowest BCUT2D eigenvalue weighted by Gasteiger charge is -2.08. The van der Waals surface area contributed by atoms with Gasteiger partial charge in [-0.05, 0) is 49.4 Å². The van der Waals surface area contributed by atoms with E-state index in [0.29, 0.717) is 17.7 Å². The van der Waals surface area contributed by atoms with Gasteiger partial charge < -0.3 is 10.1 Å². The number of nitrogens with one attached hydrogen (secondary N) is 1. The lowest BCUT2D eigenvalue weighted by atomic mass is 10.1. The van der Waals surface area contributed by atoms with Crippen LogP contribution in [0.2, 0.25) is 0 Å². The van der Waals surface area contributed by atoms with Crippen molar-refractivity contribution in [2.45, 2.75) is 6.92 Å². The molecule has 1 N–H and O–H groups in total. The van der Waals surface area contributed by atoms with Gasteiger partial charge in [0.05, 0.1) is 17.7 Å². The van der Waals surface area contributed by atoms with Gasteiger partial charge in [0.15, 0.2) is 0 Å². The Morgan fingerprint density at radius 3 is 2.20 bits per heavy atom. The third kappa shape index (κ3) is 3.07. The van der Waals surface area contributed by atoms with Gasteiger partial charge in [-0.25, -0.2) is 0 Å². The van der Waals surface area contributed by atoms with E-state index < -0.39 is 0 Å². The first-order valence-electron chi connectivity index (χ1n) is 6.21. The van der Waals surface area contributed by atoms with Crippen LogP contribution >= 0.6 is 0 Å². The first kappa shape index (κ1) is 13.5. The third-order valence-electron chi connectivity index (χ3n) is 2.71. The molecule has 0 aliphatic heterocycles. The van der Waals surface area contributed by atoms with E-state index in [1.54, 1.807) is 18.2 Å². The molecule has 0 fully saturated rings. The Balaban J connectivity index is 2.18. The topological polar surface area (TPSA) is 68.8 Å². The Morgan fingerprint density at radius 1 is 0.950 bits per heavy atom. The van der Waals surface area contributed by atoms with E-state index >= 15 is 0 Å². The van der Waals surface area contributed by atoms with E-state index in [-0.39, 0.29) is 0 Å². The van der Waals surface area contributed by atoms with Crippen molar-refractivity contribution in [3.63, 3.8) is 0 Å². The van der Waals surface area contributed by atoms with E-state index in [4.69, 9.17) is 15.3 Å². The molecule has 4 heteroatoms. The number of nitrogens with zero attached hydrogens (tertiary/aromatic N) is 2. The molecule has 0 aliphatic carbocycles. The van der Waals surface area contributed by atoms with Crippen LogP contribution in [0.3, 0.4) is 0 Å². The van der Waals surface area contributed by atoms with Crippen LogP contribution in [0.5, 0.6) is 5.75 Å². The number of hydrogen-bond donors (Lipinski definition) is 1. The summed E-state index contributed by atoms with van der Waals surface area (Å²) in [7, 11) is 0. The summed E-state index contributed by atoms with van der Waals surface area (Å²) in [5.41, 5.74) is 2.40. The third-order valence-corrected chi connectivity index (χ3v) is 2.71. The first-order chi connectivity index (χ1) is 9.76. The normalized spacial score (nSPS) is 9.35. The molecule has 0 radical (unpaired) electrons. The van der Waals surface area contributed by atoms with Crippen LogP contribution in [0.1, 0.15) is 18.1 Å². The summed E-state index contributed by atoms with van der Waals surface area (Å²) < 4.78 is 5.37. The quantitative estimate of drug-likeness (QED) is 0.915. The zero-order valence-corrected chi connectivity index (χ0v) is 11.1. The molecule has 0 spiro atoms. The Kier molecular flexibility index (Phi) is 4.21. The highest BCUT2D eigenvalue weighted by Crippen LogP contribution is 2.22. The molecule has 0 aliphatic rings. The van der Waals surface area contributed by atoms with Gasteiger partial charge >= 0.3 is 0 Å². The van der Waals surface area contributed by atoms with Crippen LogP contribution in [0.25, 0.3) is 0 Å². The average Bonchev–Trinajstić information content (AvgIpc) is 2.49. The summed E-state index contributed by atoms with van der Waals surface area (Å²) in [6.45, 7) is 2.57. The van der Waals surface area contributed by atoms with Crippen LogP contribution in [-0.2, 0) is 0 Å². The second-order valence-corrected chi connectivity index (χ2v) is 4.07. The van der Waals surface area contributed by atoms with Crippen molar-refractivity contribution in [3.05, 3.63) is 53.6 Å². The second kappa shape index (κ2) is 6.26. The molecule has 2 aromatic rings. The molecule has 2 rings (SSSR count). The van der Waals surface area contributed by atoms with Crippen LogP contribution in [0, 0.1) is 22.7 Å². The minimum atomic E-state index is 0.364. The molecular weight excluding hydrogens is 250 g/mol. The summed E-state index contributed by atoms with van der Waals surface area (Å²) in [5.74, 6) is 0.815. The monoisotopic (exact) mass is 263 g/mol. The van der Waals surface area contributed by atoms with Gasteiger partial charge in [0.1, 0.15) is 17.9 Å². The average molecular weight is 263 g/mol. The van der Waals surface area contributed by atoms with Crippen molar-refractivity contribution in [1.29, 1.82) is 10.5 Å². The van der Waals surface area contributed by atoms with Gasteiger partial charge in [0, 0.05) is 11.4 Å². The highest BCUT2D eigenvalue weighted by molar-refractivity contribution is 5.64. The van der Waals surface area contributed by atoms with Crippen LogP contribution in [0.4, 0.5) is 11.4 Å². The van der Waals surface area contributed by atoms with E-state index in [1.165, 1.54) is 0 Å². The van der Waals surface area contributed by atoms with Crippen LogP contribution in [-0.4, -0.2) is 6.61 Å². The number of nitriles is 2. The summed E-state index contributed by atoms with van der Waals surface area (Å²) in [5, 5.41) is 21.0. The lowest BCUT2D eigenvalue weighted by Crippen LogP contribution is -1.94. The van der Waals surface area contributed by atoms with E-state index in [1.807, 2.05) is 43.3 Å². The zero-order chi connectivity index (χ0) is 14.4. The molecule has 20 heavy (non-hydrogen) atoms. The minimum absolute atomic E-state index is 0.364. The van der Waals surface area contributed by atoms with Crippen molar-refractivity contribution in [2.24, 2.45) is 0 Å². The van der Waals surface area contributed by atoms with Crippen molar-refractivity contribution >= 4 is 11.4 Å². The van der Waals surface area contributed by atoms with Gasteiger partial charge in [0.2, 0.25) is 0 Å². The summed E-state index contributed by atoms with van der Waals surface area (Å²) >= 11 is 0. The second-order valence-electron chi connectivity index (χ2n) is 4.07. The standard InChI is InChI=1S/C16H13N3O/c1-2-20-16-7-5-14(6-8-16)19-15-4-3-12(10-17)13(9-15)11-18/h3-9,19H,2H2,1H3. The van der Waals surface area contributed by atoms with Gasteiger partial charge in [-0.3, -0.25) is 0 Å². The van der Waals surface area contributed by atoms with Gasteiger partial charge in [-0.1, -0.05) is 0 Å². The molecule has 0 heterocycles. The zero-order valence-electron chi connectivity index (χ0n) is 11.1. The number of benzene rings is 2. The summed E-state index contributed by atoms with van der Waals surface area (Å²) in [6.07, 6.45) is 0. The van der Waals surface area contributed by atoms with Crippen molar-refractivity contribution in [3.8, 4) is 17.9 Å². The molecule has 0 saturated carbocycles. The minimum Gasteiger partial charge on any atom is -0.494 e. The fourth-order valence-electron chi connectivity index (χ4n) is 1.78. The molecule has 0 bridgehead atoms. The molecular formula is C16H13N3O. The van der Waals surface area contributed by atoms with Crippen molar-refractivity contribution < 1.29 is 4.74 Å². The first-order valence-corrected chi connectivity index (χ1v) is 6.21. The molecule has 4 nitrogen and oxygen atoms in total. The molecule has 0 saturated heterocycles. The molecule has 98 valence electrons. The lowest BCUT2D eigenvalue weighted by molar-refractivity contribution is 0.340. The molecule has 0 aromatic heterocycles. The van der Waals surface area contributed by atoms with Gasteiger partial charge in [0.25, 0.3) is 0 Å². The highest BCUT2D eigenvalue weighted by Gasteiger charge is 2.03. The fraction of sp³-hybridized carbons (Fsp3) is 0.125.